The zero-order valence-corrected chi connectivity index (χ0v) is 14.5. The van der Waals surface area contributed by atoms with Gasteiger partial charge < -0.3 is 4.48 Å². The smallest absolute Gasteiger partial charge is 0.204 e. The number of hydrogen-bond acceptors (Lipinski definition) is 1. The van der Waals surface area contributed by atoms with Crippen LogP contribution in [0.4, 0.5) is 0 Å². The van der Waals surface area contributed by atoms with Crippen molar-refractivity contribution in [2.45, 2.75) is 25.3 Å². The van der Waals surface area contributed by atoms with Gasteiger partial charge in [0, 0.05) is 5.92 Å². The predicted molar refractivity (Wildman–Crippen MR) is 94.3 cm³/mol. The van der Waals surface area contributed by atoms with Crippen molar-refractivity contribution in [3.8, 4) is 0 Å². The van der Waals surface area contributed by atoms with Gasteiger partial charge in [0.2, 0.25) is 5.78 Å². The van der Waals surface area contributed by atoms with Gasteiger partial charge in [-0.15, -0.1) is 0 Å². The van der Waals surface area contributed by atoms with Crippen LogP contribution in [0.2, 0.25) is 0 Å². The summed E-state index contributed by atoms with van der Waals surface area (Å²) in [7, 11) is 4.33. The number of nitrogens with zero attached hydrogens (tertiary/aromatic N) is 1. The fourth-order valence-corrected chi connectivity index (χ4v) is 4.31. The van der Waals surface area contributed by atoms with Crippen LogP contribution in [-0.4, -0.2) is 36.9 Å². The number of piperidine rings is 1. The highest BCUT2D eigenvalue weighted by Crippen LogP contribution is 2.46. The van der Waals surface area contributed by atoms with Crippen molar-refractivity contribution in [2.75, 3.05) is 20.6 Å². The van der Waals surface area contributed by atoms with Crippen molar-refractivity contribution in [3.63, 3.8) is 0 Å². The topological polar surface area (TPSA) is 17.1 Å². The molecule has 1 saturated heterocycles. The van der Waals surface area contributed by atoms with Crippen molar-refractivity contribution < 1.29 is 9.28 Å². The molecule has 2 aromatic rings. The summed E-state index contributed by atoms with van der Waals surface area (Å²) in [5.74, 6) is 0.574. The molecule has 2 heteroatoms. The Morgan fingerprint density at radius 3 is 1.74 bits per heavy atom. The fourth-order valence-electron chi connectivity index (χ4n) is 4.31. The molecule has 0 saturated carbocycles. The van der Waals surface area contributed by atoms with Gasteiger partial charge in [-0.2, -0.15) is 0 Å². The maximum atomic E-state index is 13.7. The van der Waals surface area contributed by atoms with E-state index >= 15 is 0 Å². The predicted octanol–water partition coefficient (Wildman–Crippen LogP) is 3.66. The molecule has 1 aliphatic heterocycles. The lowest BCUT2D eigenvalue weighted by atomic mass is 9.59. The lowest BCUT2D eigenvalue weighted by Crippen LogP contribution is -2.66. The second kappa shape index (κ2) is 5.61. The second-order valence-electron chi connectivity index (χ2n) is 7.44. The maximum absolute atomic E-state index is 13.7. The minimum atomic E-state index is -0.546. The standard InChI is InChI=1S/C21H26NO/c1-16-15-22(3,4)17(2)20(23)21(16,18-11-7-5-8-12-18)19-13-9-6-10-14-19/h5-14,16-17H,15H2,1-4H3/q+1. The number of ketones is 1. The fraction of sp³-hybridized carbons (Fsp3) is 0.381. The molecule has 3 rings (SSSR count). The summed E-state index contributed by atoms with van der Waals surface area (Å²) in [4.78, 5) is 13.7. The highest BCUT2D eigenvalue weighted by molar-refractivity contribution is 5.97. The zero-order valence-electron chi connectivity index (χ0n) is 14.5. The molecule has 1 aliphatic rings. The lowest BCUT2D eigenvalue weighted by molar-refractivity contribution is -0.910. The second-order valence-corrected chi connectivity index (χ2v) is 7.44. The normalized spacial score (nSPS) is 26.0. The van der Waals surface area contributed by atoms with Crippen LogP contribution < -0.4 is 0 Å². The largest absolute Gasteiger partial charge is 0.320 e. The first kappa shape index (κ1) is 15.9. The molecule has 0 amide bonds. The molecular formula is C21H26NO+. The molecule has 0 aromatic heterocycles. The van der Waals surface area contributed by atoms with E-state index in [0.717, 1.165) is 22.2 Å². The first-order valence-electron chi connectivity index (χ1n) is 8.38. The van der Waals surface area contributed by atoms with Crippen molar-refractivity contribution in [3.05, 3.63) is 71.8 Å². The van der Waals surface area contributed by atoms with Gasteiger partial charge in [0.15, 0.2) is 0 Å². The van der Waals surface area contributed by atoms with E-state index in [1.165, 1.54) is 0 Å². The molecule has 0 radical (unpaired) electrons. The molecule has 1 fully saturated rings. The van der Waals surface area contributed by atoms with Gasteiger partial charge in [0.25, 0.3) is 0 Å². The van der Waals surface area contributed by atoms with E-state index in [4.69, 9.17) is 0 Å². The van der Waals surface area contributed by atoms with Gasteiger partial charge in [0.05, 0.1) is 26.1 Å². The van der Waals surface area contributed by atoms with E-state index in [2.05, 4.69) is 52.2 Å². The Labute approximate surface area is 139 Å². The summed E-state index contributed by atoms with van der Waals surface area (Å²) in [6, 6.07) is 20.6. The average molecular weight is 308 g/mol. The zero-order chi connectivity index (χ0) is 16.7. The quantitative estimate of drug-likeness (QED) is 0.774. The Bertz CT molecular complexity index is 651. The van der Waals surface area contributed by atoms with Crippen molar-refractivity contribution in [1.29, 1.82) is 0 Å². The Hall–Kier alpha value is -1.93. The molecular weight excluding hydrogens is 282 g/mol. The molecule has 120 valence electrons. The number of benzene rings is 2. The summed E-state index contributed by atoms with van der Waals surface area (Å²) in [6.45, 7) is 5.29. The molecule has 2 atom stereocenters. The highest BCUT2D eigenvalue weighted by atomic mass is 16.1. The van der Waals surface area contributed by atoms with Gasteiger partial charge in [-0.1, -0.05) is 67.6 Å². The summed E-state index contributed by atoms with van der Waals surface area (Å²) < 4.78 is 0.751. The number of hydrogen-bond donors (Lipinski definition) is 0. The van der Waals surface area contributed by atoms with Gasteiger partial charge >= 0.3 is 0 Å². The Kier molecular flexibility index (Phi) is 3.89. The SMILES string of the molecule is CC1C[N+](C)(C)C(C)C(=O)C1(c1ccccc1)c1ccccc1. The van der Waals surface area contributed by atoms with E-state index in [1.807, 2.05) is 36.4 Å². The minimum Gasteiger partial charge on any atom is -0.320 e. The van der Waals surface area contributed by atoms with E-state index in [0.29, 0.717) is 5.78 Å². The van der Waals surface area contributed by atoms with Crippen LogP contribution in [0.1, 0.15) is 25.0 Å². The van der Waals surface area contributed by atoms with Crippen LogP contribution in [0.25, 0.3) is 0 Å². The Morgan fingerprint density at radius 1 is 0.870 bits per heavy atom. The van der Waals surface area contributed by atoms with Crippen LogP contribution in [-0.2, 0) is 10.2 Å². The number of quaternary nitrogens is 1. The molecule has 0 aliphatic carbocycles. The molecule has 1 heterocycles. The third kappa shape index (κ3) is 2.33. The van der Waals surface area contributed by atoms with Gasteiger partial charge in [-0.3, -0.25) is 4.79 Å². The van der Waals surface area contributed by atoms with Crippen LogP contribution in [0.5, 0.6) is 0 Å². The number of likely N-dealkylation sites (tertiary alicyclic amines) is 1. The van der Waals surface area contributed by atoms with Crippen molar-refractivity contribution in [1.82, 2.24) is 0 Å². The molecule has 2 unspecified atom stereocenters. The molecule has 2 aromatic carbocycles. The number of rotatable bonds is 2. The summed E-state index contributed by atoms with van der Waals surface area (Å²) in [5, 5.41) is 0. The number of carbonyl (C=O) groups excluding carboxylic acids is 1. The maximum Gasteiger partial charge on any atom is 0.204 e. The van der Waals surface area contributed by atoms with Crippen molar-refractivity contribution >= 4 is 5.78 Å². The minimum absolute atomic E-state index is 0.0217. The third-order valence-electron chi connectivity index (χ3n) is 5.76. The van der Waals surface area contributed by atoms with Gasteiger partial charge in [-0.25, -0.2) is 0 Å². The summed E-state index contributed by atoms with van der Waals surface area (Å²) >= 11 is 0. The molecule has 0 bridgehead atoms. The monoisotopic (exact) mass is 308 g/mol. The summed E-state index contributed by atoms with van der Waals surface area (Å²) in [5.41, 5.74) is 1.70. The van der Waals surface area contributed by atoms with Crippen LogP contribution in [0.3, 0.4) is 0 Å². The van der Waals surface area contributed by atoms with Crippen LogP contribution in [0, 0.1) is 5.92 Å². The van der Waals surface area contributed by atoms with Crippen molar-refractivity contribution in [2.24, 2.45) is 5.92 Å². The number of likely N-dealkylation sites (N-methyl/N-ethyl adjacent to an activating group) is 1. The van der Waals surface area contributed by atoms with Crippen LogP contribution in [0.15, 0.2) is 60.7 Å². The Balaban J connectivity index is 2.27. The van der Waals surface area contributed by atoms with E-state index in [1.54, 1.807) is 0 Å². The van der Waals surface area contributed by atoms with Crippen LogP contribution >= 0.6 is 0 Å². The third-order valence-corrected chi connectivity index (χ3v) is 5.76. The molecule has 2 nitrogen and oxygen atoms in total. The van der Waals surface area contributed by atoms with E-state index in [-0.39, 0.29) is 12.0 Å². The van der Waals surface area contributed by atoms with E-state index in [9.17, 15) is 4.79 Å². The number of carbonyl (C=O) groups is 1. The summed E-state index contributed by atoms with van der Waals surface area (Å²) in [6.07, 6.45) is 0. The first-order chi connectivity index (χ1) is 10.9. The lowest BCUT2D eigenvalue weighted by Gasteiger charge is -2.51. The highest BCUT2D eigenvalue weighted by Gasteiger charge is 2.57. The van der Waals surface area contributed by atoms with Gasteiger partial charge in [0.1, 0.15) is 6.04 Å². The van der Waals surface area contributed by atoms with Gasteiger partial charge in [-0.05, 0) is 18.1 Å². The average Bonchev–Trinajstić information content (AvgIpc) is 2.55. The Morgan fingerprint density at radius 2 is 1.30 bits per heavy atom. The molecule has 0 spiro atoms. The van der Waals surface area contributed by atoms with E-state index < -0.39 is 5.41 Å². The molecule has 0 N–H and O–H groups in total. The first-order valence-corrected chi connectivity index (χ1v) is 8.38. The number of Topliss-reactive ketones (excluding diaryl/α,β-unsaturated/α-hetero) is 1. The molecule has 23 heavy (non-hydrogen) atoms.